The van der Waals surface area contributed by atoms with Crippen LogP contribution in [0.3, 0.4) is 0 Å². The van der Waals surface area contributed by atoms with Gasteiger partial charge in [-0.3, -0.25) is 0 Å². The van der Waals surface area contributed by atoms with Crippen LogP contribution in [-0.2, 0) is 5.41 Å². The number of thiophene rings is 1. The molecule has 35 heavy (non-hydrogen) atoms. The number of rotatable bonds is 3. The van der Waals surface area contributed by atoms with Crippen LogP contribution >= 0.6 is 11.3 Å². The van der Waals surface area contributed by atoms with Gasteiger partial charge in [-0.1, -0.05) is 106 Å². The molecule has 0 N–H and O–H groups in total. The van der Waals surface area contributed by atoms with E-state index in [-0.39, 0.29) is 5.41 Å². The van der Waals surface area contributed by atoms with Crippen LogP contribution in [0, 0.1) is 0 Å². The van der Waals surface area contributed by atoms with Crippen LogP contribution < -0.4 is 0 Å². The molecule has 0 aliphatic heterocycles. The van der Waals surface area contributed by atoms with Crippen molar-refractivity contribution in [3.8, 4) is 33.9 Å². The number of fused-ring (bicyclic) bond motifs is 3. The summed E-state index contributed by atoms with van der Waals surface area (Å²) in [6, 6.07) is 33.9. The SMILES string of the molecule is CC(C)(C)c1nc(-c2ccc(-c3ccccc3)cc2)nc(-c2cccc3c2sc2ccccc23)n1. The van der Waals surface area contributed by atoms with Gasteiger partial charge in [-0.25, -0.2) is 15.0 Å². The summed E-state index contributed by atoms with van der Waals surface area (Å²) in [5, 5.41) is 2.52. The molecule has 0 atom stereocenters. The Kier molecular flexibility index (Phi) is 5.19. The Morgan fingerprint density at radius 2 is 1.17 bits per heavy atom. The topological polar surface area (TPSA) is 38.7 Å². The second-order valence-electron chi connectivity index (χ2n) is 9.78. The normalized spacial score (nSPS) is 11.9. The summed E-state index contributed by atoms with van der Waals surface area (Å²) in [6.45, 7) is 6.44. The molecule has 4 heteroatoms. The van der Waals surface area contributed by atoms with Crippen molar-refractivity contribution in [2.75, 3.05) is 0 Å². The standard InChI is InChI=1S/C31H25N3S/c1-31(2,3)30-33-28(22-18-16-21(17-19-22)20-10-5-4-6-11-20)32-29(34-30)25-14-9-13-24-23-12-7-8-15-26(23)35-27(24)25/h4-19H,1-3H3. The molecule has 0 bridgehead atoms. The van der Waals surface area contributed by atoms with E-state index in [4.69, 9.17) is 15.0 Å². The Hall–Kier alpha value is -3.89. The highest BCUT2D eigenvalue weighted by Crippen LogP contribution is 2.39. The van der Waals surface area contributed by atoms with Gasteiger partial charge in [-0.15, -0.1) is 11.3 Å². The summed E-state index contributed by atoms with van der Waals surface area (Å²) >= 11 is 1.80. The lowest BCUT2D eigenvalue weighted by Gasteiger charge is -2.18. The highest BCUT2D eigenvalue weighted by Gasteiger charge is 2.22. The predicted molar refractivity (Wildman–Crippen MR) is 148 cm³/mol. The number of hydrogen-bond donors (Lipinski definition) is 0. The Labute approximate surface area is 209 Å². The first kappa shape index (κ1) is 21.6. The number of nitrogens with zero attached hydrogens (tertiary/aromatic N) is 3. The maximum absolute atomic E-state index is 4.99. The molecule has 0 fully saturated rings. The molecule has 0 saturated carbocycles. The average Bonchev–Trinajstić information content (AvgIpc) is 3.27. The summed E-state index contributed by atoms with van der Waals surface area (Å²) in [7, 11) is 0. The van der Waals surface area contributed by atoms with Gasteiger partial charge in [0.25, 0.3) is 0 Å². The second kappa shape index (κ2) is 8.40. The molecule has 4 aromatic carbocycles. The first-order valence-corrected chi connectivity index (χ1v) is 12.6. The third-order valence-electron chi connectivity index (χ3n) is 6.20. The van der Waals surface area contributed by atoms with Crippen LogP contribution in [0.4, 0.5) is 0 Å². The minimum absolute atomic E-state index is 0.204. The van der Waals surface area contributed by atoms with Gasteiger partial charge in [-0.05, 0) is 23.3 Å². The number of hydrogen-bond acceptors (Lipinski definition) is 4. The van der Waals surface area contributed by atoms with Crippen LogP contribution in [0.25, 0.3) is 54.1 Å². The molecular weight excluding hydrogens is 446 g/mol. The summed E-state index contributed by atoms with van der Waals surface area (Å²) < 4.78 is 2.49. The van der Waals surface area contributed by atoms with Gasteiger partial charge in [0, 0.05) is 36.7 Å². The minimum Gasteiger partial charge on any atom is -0.212 e. The van der Waals surface area contributed by atoms with Crippen molar-refractivity contribution in [2.45, 2.75) is 26.2 Å². The second-order valence-corrected chi connectivity index (χ2v) is 10.8. The Balaban J connectivity index is 1.52. The predicted octanol–water partition coefficient (Wildman–Crippen LogP) is 8.54. The number of benzene rings is 4. The molecule has 2 aromatic heterocycles. The molecular formula is C31H25N3S. The first-order chi connectivity index (χ1) is 17.0. The maximum Gasteiger partial charge on any atom is 0.165 e. The quantitative estimate of drug-likeness (QED) is 0.259. The Morgan fingerprint density at radius 1 is 0.543 bits per heavy atom. The van der Waals surface area contributed by atoms with Gasteiger partial charge < -0.3 is 0 Å². The van der Waals surface area contributed by atoms with Gasteiger partial charge in [0.2, 0.25) is 0 Å². The lowest BCUT2D eigenvalue weighted by Crippen LogP contribution is -2.18. The summed E-state index contributed by atoms with van der Waals surface area (Å²) in [6.07, 6.45) is 0. The monoisotopic (exact) mass is 471 g/mol. The summed E-state index contributed by atoms with van der Waals surface area (Å²) in [5.74, 6) is 2.23. The summed E-state index contributed by atoms with van der Waals surface area (Å²) in [5.41, 5.74) is 4.21. The molecule has 0 spiro atoms. The number of aromatic nitrogens is 3. The largest absolute Gasteiger partial charge is 0.212 e. The molecule has 0 radical (unpaired) electrons. The molecule has 170 valence electrons. The molecule has 0 amide bonds. The molecule has 0 unspecified atom stereocenters. The molecule has 0 aliphatic carbocycles. The Morgan fingerprint density at radius 3 is 1.94 bits per heavy atom. The minimum atomic E-state index is -0.204. The fourth-order valence-electron chi connectivity index (χ4n) is 4.33. The first-order valence-electron chi connectivity index (χ1n) is 11.8. The van der Waals surface area contributed by atoms with Gasteiger partial charge in [0.1, 0.15) is 5.82 Å². The lowest BCUT2D eigenvalue weighted by molar-refractivity contribution is 0.543. The van der Waals surface area contributed by atoms with E-state index in [1.807, 2.05) is 6.07 Å². The Bertz CT molecular complexity index is 1660. The molecule has 3 nitrogen and oxygen atoms in total. The molecule has 6 rings (SSSR count). The highest BCUT2D eigenvalue weighted by molar-refractivity contribution is 7.26. The van der Waals surface area contributed by atoms with Crippen molar-refractivity contribution >= 4 is 31.5 Å². The van der Waals surface area contributed by atoms with E-state index >= 15 is 0 Å². The van der Waals surface area contributed by atoms with Gasteiger partial charge in [0.05, 0.1) is 0 Å². The maximum atomic E-state index is 4.99. The fraction of sp³-hybridized carbons (Fsp3) is 0.129. The smallest absolute Gasteiger partial charge is 0.165 e. The third kappa shape index (κ3) is 4.00. The van der Waals surface area contributed by atoms with Crippen LogP contribution in [0.2, 0.25) is 0 Å². The van der Waals surface area contributed by atoms with E-state index in [1.165, 1.54) is 31.3 Å². The molecule has 2 heterocycles. The van der Waals surface area contributed by atoms with E-state index in [0.29, 0.717) is 5.82 Å². The van der Waals surface area contributed by atoms with E-state index in [9.17, 15) is 0 Å². The van der Waals surface area contributed by atoms with E-state index in [0.717, 1.165) is 22.8 Å². The van der Waals surface area contributed by atoms with Crippen molar-refractivity contribution in [3.63, 3.8) is 0 Å². The van der Waals surface area contributed by atoms with Crippen LogP contribution in [0.5, 0.6) is 0 Å². The fourth-order valence-corrected chi connectivity index (χ4v) is 5.54. The zero-order valence-corrected chi connectivity index (χ0v) is 20.8. The van der Waals surface area contributed by atoms with E-state index in [1.54, 1.807) is 11.3 Å². The molecule has 0 aliphatic rings. The van der Waals surface area contributed by atoms with Gasteiger partial charge >= 0.3 is 0 Å². The van der Waals surface area contributed by atoms with Gasteiger partial charge in [0.15, 0.2) is 11.6 Å². The van der Waals surface area contributed by atoms with Crippen molar-refractivity contribution in [2.24, 2.45) is 0 Å². The average molecular weight is 472 g/mol. The van der Waals surface area contributed by atoms with Crippen LogP contribution in [0.15, 0.2) is 97.1 Å². The molecule has 0 saturated heterocycles. The van der Waals surface area contributed by atoms with Crippen molar-refractivity contribution in [1.29, 1.82) is 0 Å². The molecule has 6 aromatic rings. The zero-order chi connectivity index (χ0) is 24.0. The zero-order valence-electron chi connectivity index (χ0n) is 20.0. The van der Waals surface area contributed by atoms with E-state index < -0.39 is 0 Å². The van der Waals surface area contributed by atoms with Crippen LogP contribution in [0.1, 0.15) is 26.6 Å². The lowest BCUT2D eigenvalue weighted by atomic mass is 9.95. The van der Waals surface area contributed by atoms with Crippen LogP contribution in [-0.4, -0.2) is 15.0 Å². The van der Waals surface area contributed by atoms with Crippen molar-refractivity contribution in [3.05, 3.63) is 103 Å². The third-order valence-corrected chi connectivity index (χ3v) is 7.42. The highest BCUT2D eigenvalue weighted by atomic mass is 32.1. The van der Waals surface area contributed by atoms with Crippen molar-refractivity contribution in [1.82, 2.24) is 15.0 Å². The van der Waals surface area contributed by atoms with Gasteiger partial charge in [-0.2, -0.15) is 0 Å². The van der Waals surface area contributed by atoms with E-state index in [2.05, 4.69) is 112 Å². The van der Waals surface area contributed by atoms with Crippen molar-refractivity contribution < 1.29 is 0 Å². The summed E-state index contributed by atoms with van der Waals surface area (Å²) in [4.78, 5) is 14.9.